The third-order valence-electron chi connectivity index (χ3n) is 6.07. The Balaban J connectivity index is 0.00000289. The number of ether oxygens (including phenoxy) is 1. The summed E-state index contributed by atoms with van der Waals surface area (Å²) in [6.45, 7) is 9.25. The van der Waals surface area contributed by atoms with Crippen LogP contribution in [0.15, 0.2) is 41.7 Å². The predicted octanol–water partition coefficient (Wildman–Crippen LogP) is 2.80. The van der Waals surface area contributed by atoms with E-state index in [-0.39, 0.29) is 30.1 Å². The highest BCUT2D eigenvalue weighted by Crippen LogP contribution is 2.16. The van der Waals surface area contributed by atoms with E-state index < -0.39 is 0 Å². The van der Waals surface area contributed by atoms with Crippen LogP contribution >= 0.6 is 24.0 Å². The normalized spacial score (nSPS) is 19.5. The van der Waals surface area contributed by atoms with E-state index in [0.717, 1.165) is 77.0 Å². The van der Waals surface area contributed by atoms with Crippen LogP contribution in [0.2, 0.25) is 0 Å². The van der Waals surface area contributed by atoms with Crippen LogP contribution in [0.4, 0.5) is 5.69 Å². The summed E-state index contributed by atoms with van der Waals surface area (Å²) in [5, 5.41) is 11.8. The second-order valence-corrected chi connectivity index (χ2v) is 8.18. The molecule has 3 heterocycles. The fourth-order valence-corrected chi connectivity index (χ4v) is 4.25. The second-order valence-electron chi connectivity index (χ2n) is 8.18. The van der Waals surface area contributed by atoms with Crippen molar-refractivity contribution in [3.8, 4) is 0 Å². The Morgan fingerprint density at radius 2 is 1.97 bits per heavy atom. The molecule has 2 aromatic rings. The molecule has 1 atom stereocenters. The van der Waals surface area contributed by atoms with Gasteiger partial charge in [0.2, 0.25) is 0 Å². The third kappa shape index (κ3) is 6.81. The molecule has 4 rings (SSSR count). The van der Waals surface area contributed by atoms with E-state index >= 15 is 0 Å². The minimum Gasteiger partial charge on any atom is -0.376 e. The van der Waals surface area contributed by atoms with Gasteiger partial charge in [-0.15, -0.1) is 34.2 Å². The number of nitrogens with zero attached hydrogens (tertiary/aromatic N) is 6. The summed E-state index contributed by atoms with van der Waals surface area (Å²) in [7, 11) is 0. The lowest BCUT2D eigenvalue weighted by molar-refractivity contribution is 0.0223. The molecule has 2 saturated heterocycles. The molecule has 9 heteroatoms. The quantitative estimate of drug-likeness (QED) is 0.323. The maximum atomic E-state index is 5.90. The van der Waals surface area contributed by atoms with E-state index in [1.54, 1.807) is 0 Å². The van der Waals surface area contributed by atoms with Gasteiger partial charge in [0.1, 0.15) is 12.2 Å². The zero-order chi connectivity index (χ0) is 21.3. The fraction of sp³-hybridized carbons (Fsp3) is 0.609. The molecule has 0 spiro atoms. The van der Waals surface area contributed by atoms with E-state index in [2.05, 4.69) is 67.1 Å². The molecule has 0 bridgehead atoms. The first-order valence-electron chi connectivity index (χ1n) is 11.6. The Labute approximate surface area is 208 Å². The van der Waals surface area contributed by atoms with Crippen molar-refractivity contribution in [2.75, 3.05) is 50.8 Å². The molecule has 0 saturated carbocycles. The molecule has 176 valence electrons. The molecule has 1 aromatic carbocycles. The summed E-state index contributed by atoms with van der Waals surface area (Å²) >= 11 is 0. The number of rotatable bonds is 7. The van der Waals surface area contributed by atoms with Crippen LogP contribution in [0.3, 0.4) is 0 Å². The number of hydrogen-bond acceptors (Lipinski definition) is 5. The van der Waals surface area contributed by atoms with Gasteiger partial charge in [-0.3, -0.25) is 4.99 Å². The minimum absolute atomic E-state index is 0. The Morgan fingerprint density at radius 3 is 2.69 bits per heavy atom. The van der Waals surface area contributed by atoms with Crippen molar-refractivity contribution < 1.29 is 4.74 Å². The molecule has 1 unspecified atom stereocenters. The van der Waals surface area contributed by atoms with Crippen molar-refractivity contribution in [1.82, 2.24) is 25.0 Å². The predicted molar refractivity (Wildman–Crippen MR) is 139 cm³/mol. The Hall–Kier alpha value is -1.88. The molecular formula is C23H36IN7O. The summed E-state index contributed by atoms with van der Waals surface area (Å²) < 4.78 is 8.02. The number of aryl methyl sites for hydroxylation is 1. The highest BCUT2D eigenvalue weighted by molar-refractivity contribution is 14.0. The standard InChI is InChI=1S/C23H35N7O.HI/c1-2-22-27-26-19-30(22)12-11-24-23(25-18-21-10-6-7-17-31-21)29-15-13-28(14-16-29)20-8-4-3-5-9-20;/h3-5,8-9,19,21H,2,6-7,10-18H2,1H3,(H,24,25);1H. The molecule has 32 heavy (non-hydrogen) atoms. The molecule has 2 fully saturated rings. The van der Waals surface area contributed by atoms with Crippen LogP contribution in [0.5, 0.6) is 0 Å². The van der Waals surface area contributed by atoms with Gasteiger partial charge in [0.05, 0.1) is 12.6 Å². The molecule has 2 aliphatic rings. The van der Waals surface area contributed by atoms with Gasteiger partial charge in [0.15, 0.2) is 5.96 Å². The van der Waals surface area contributed by atoms with Gasteiger partial charge in [0, 0.05) is 58.0 Å². The third-order valence-corrected chi connectivity index (χ3v) is 6.07. The van der Waals surface area contributed by atoms with E-state index in [1.165, 1.54) is 18.5 Å². The minimum atomic E-state index is 0. The highest BCUT2D eigenvalue weighted by Gasteiger charge is 2.21. The second kappa shape index (κ2) is 13.0. The van der Waals surface area contributed by atoms with Crippen LogP contribution in [0.25, 0.3) is 0 Å². The number of aliphatic imine (C=N–C) groups is 1. The number of hydrogen-bond donors (Lipinski definition) is 1. The summed E-state index contributed by atoms with van der Waals surface area (Å²) in [6, 6.07) is 10.7. The topological polar surface area (TPSA) is 70.8 Å². The van der Waals surface area contributed by atoms with Gasteiger partial charge in [-0.25, -0.2) is 0 Å². The average Bonchev–Trinajstić information content (AvgIpc) is 3.30. The molecule has 2 aliphatic heterocycles. The van der Waals surface area contributed by atoms with Crippen molar-refractivity contribution in [2.24, 2.45) is 4.99 Å². The largest absolute Gasteiger partial charge is 0.376 e. The van der Waals surface area contributed by atoms with Crippen molar-refractivity contribution in [2.45, 2.75) is 45.3 Å². The first kappa shape index (κ1) is 24.8. The van der Waals surface area contributed by atoms with E-state index in [4.69, 9.17) is 9.73 Å². The smallest absolute Gasteiger partial charge is 0.194 e. The van der Waals surface area contributed by atoms with Crippen LogP contribution in [-0.4, -0.2) is 77.6 Å². The van der Waals surface area contributed by atoms with Gasteiger partial charge in [-0.2, -0.15) is 0 Å². The SMILES string of the molecule is CCc1nncn1CCNC(=NCC1CCCCO1)N1CCN(c2ccccc2)CC1.I. The monoisotopic (exact) mass is 553 g/mol. The molecule has 1 N–H and O–H groups in total. The summed E-state index contributed by atoms with van der Waals surface area (Å²) in [6.07, 6.45) is 6.48. The zero-order valence-corrected chi connectivity index (χ0v) is 21.4. The Morgan fingerprint density at radius 1 is 1.16 bits per heavy atom. The van der Waals surface area contributed by atoms with Gasteiger partial charge < -0.3 is 24.4 Å². The summed E-state index contributed by atoms with van der Waals surface area (Å²) in [4.78, 5) is 9.81. The first-order valence-corrected chi connectivity index (χ1v) is 11.6. The van der Waals surface area contributed by atoms with Crippen molar-refractivity contribution in [1.29, 1.82) is 0 Å². The van der Waals surface area contributed by atoms with Crippen LogP contribution in [0.1, 0.15) is 32.0 Å². The molecule has 1 aromatic heterocycles. The summed E-state index contributed by atoms with van der Waals surface area (Å²) in [5.74, 6) is 2.01. The first-order chi connectivity index (χ1) is 15.3. The summed E-state index contributed by atoms with van der Waals surface area (Å²) in [5.41, 5.74) is 1.30. The van der Waals surface area contributed by atoms with Crippen LogP contribution in [-0.2, 0) is 17.7 Å². The maximum Gasteiger partial charge on any atom is 0.194 e. The lowest BCUT2D eigenvalue weighted by Gasteiger charge is -2.38. The molecular weight excluding hydrogens is 517 g/mol. The molecule has 0 amide bonds. The average molecular weight is 553 g/mol. The number of nitrogens with one attached hydrogen (secondary N) is 1. The molecule has 8 nitrogen and oxygen atoms in total. The number of halogens is 1. The van der Waals surface area contributed by atoms with Crippen molar-refractivity contribution in [3.63, 3.8) is 0 Å². The van der Waals surface area contributed by atoms with E-state index in [1.807, 2.05) is 6.33 Å². The van der Waals surface area contributed by atoms with E-state index in [9.17, 15) is 0 Å². The molecule has 0 aliphatic carbocycles. The maximum absolute atomic E-state index is 5.90. The van der Waals surface area contributed by atoms with Crippen molar-refractivity contribution >= 4 is 35.6 Å². The number of para-hydroxylation sites is 1. The van der Waals surface area contributed by atoms with Crippen LogP contribution < -0.4 is 10.2 Å². The van der Waals surface area contributed by atoms with E-state index in [0.29, 0.717) is 0 Å². The number of guanidine groups is 1. The highest BCUT2D eigenvalue weighted by atomic mass is 127. The fourth-order valence-electron chi connectivity index (χ4n) is 4.25. The zero-order valence-electron chi connectivity index (χ0n) is 19.0. The van der Waals surface area contributed by atoms with Crippen molar-refractivity contribution in [3.05, 3.63) is 42.5 Å². The number of piperazine rings is 1. The Kier molecular flexibility index (Phi) is 10.0. The lowest BCUT2D eigenvalue weighted by Crippen LogP contribution is -2.53. The van der Waals surface area contributed by atoms with Crippen LogP contribution in [0, 0.1) is 0 Å². The number of aromatic nitrogens is 3. The van der Waals surface area contributed by atoms with Gasteiger partial charge >= 0.3 is 0 Å². The lowest BCUT2D eigenvalue weighted by atomic mass is 10.1. The Bertz CT molecular complexity index is 815. The molecule has 0 radical (unpaired) electrons. The number of benzene rings is 1. The van der Waals surface area contributed by atoms with Gasteiger partial charge in [-0.1, -0.05) is 25.1 Å². The number of anilines is 1. The van der Waals surface area contributed by atoms with Gasteiger partial charge in [-0.05, 0) is 31.4 Å². The van der Waals surface area contributed by atoms with Gasteiger partial charge in [0.25, 0.3) is 0 Å².